The van der Waals surface area contributed by atoms with Crippen LogP contribution in [0.15, 0.2) is 30.4 Å². The number of nitrogens with two attached hydrogens (primary N) is 1. The highest BCUT2D eigenvalue weighted by molar-refractivity contribution is 6.05. The highest BCUT2D eigenvalue weighted by Gasteiger charge is 2.13. The molecule has 94 valence electrons. The molecule has 0 saturated heterocycles. The number of nitrogens with zero attached hydrogens (tertiary/aromatic N) is 3. The molecule has 2 aromatic heterocycles. The van der Waals surface area contributed by atoms with Crippen molar-refractivity contribution in [3.05, 3.63) is 41.7 Å². The van der Waals surface area contributed by atoms with Crippen molar-refractivity contribution in [3.8, 4) is 0 Å². The van der Waals surface area contributed by atoms with Crippen molar-refractivity contribution >= 4 is 11.4 Å². The zero-order valence-electron chi connectivity index (χ0n) is 8.94. The van der Waals surface area contributed by atoms with E-state index in [1.54, 1.807) is 0 Å². The molecule has 0 atom stereocenters. The summed E-state index contributed by atoms with van der Waals surface area (Å²) < 4.78 is 38.5. The van der Waals surface area contributed by atoms with Crippen LogP contribution >= 0.6 is 0 Å². The van der Waals surface area contributed by atoms with Gasteiger partial charge in [-0.15, -0.1) is 0 Å². The predicted molar refractivity (Wildman–Crippen MR) is 58.2 cm³/mol. The molecule has 5 nitrogen and oxygen atoms in total. The Labute approximate surface area is 99.2 Å². The van der Waals surface area contributed by atoms with Gasteiger partial charge in [-0.25, -0.2) is 18.3 Å². The van der Waals surface area contributed by atoms with Gasteiger partial charge in [-0.3, -0.25) is 5.41 Å². The highest BCUT2D eigenvalue weighted by Crippen LogP contribution is 2.17. The minimum Gasteiger partial charge on any atom is -0.375 e. The van der Waals surface area contributed by atoms with Crippen LogP contribution in [0.2, 0.25) is 0 Å². The molecular weight excluding hydrogens is 247 g/mol. The summed E-state index contributed by atoms with van der Waals surface area (Å²) in [5, 5.41) is 11.2. The topological polar surface area (TPSA) is 80.1 Å². The van der Waals surface area contributed by atoms with Gasteiger partial charge >= 0.3 is 0 Å². The maximum absolute atomic E-state index is 12.5. The number of hydrogen-bond acceptors (Lipinski definition) is 4. The van der Waals surface area contributed by atoms with Gasteiger partial charge in [0.1, 0.15) is 11.4 Å². The van der Waals surface area contributed by atoms with Gasteiger partial charge < -0.3 is 5.73 Å². The third-order valence-electron chi connectivity index (χ3n) is 2.16. The van der Waals surface area contributed by atoms with Crippen LogP contribution in [-0.2, 0) is 0 Å². The molecule has 0 aliphatic rings. The molecule has 0 aliphatic heterocycles. The first-order valence-electron chi connectivity index (χ1n) is 4.83. The average molecular weight is 255 g/mol. The van der Waals surface area contributed by atoms with Crippen molar-refractivity contribution in [2.45, 2.75) is 6.43 Å². The number of allylic oxidation sites excluding steroid dienone is 1. The van der Waals surface area contributed by atoms with E-state index in [2.05, 4.69) is 10.1 Å². The van der Waals surface area contributed by atoms with Crippen LogP contribution in [0.4, 0.5) is 13.2 Å². The molecule has 2 aromatic rings. The van der Waals surface area contributed by atoms with Crippen molar-refractivity contribution in [2.75, 3.05) is 0 Å². The molecular formula is C10H8F3N5. The zero-order valence-corrected chi connectivity index (χ0v) is 8.94. The summed E-state index contributed by atoms with van der Waals surface area (Å²) >= 11 is 0. The maximum Gasteiger partial charge on any atom is 0.282 e. The van der Waals surface area contributed by atoms with Crippen LogP contribution in [-0.4, -0.2) is 20.3 Å². The van der Waals surface area contributed by atoms with E-state index in [1.807, 2.05) is 0 Å². The molecule has 0 aliphatic carbocycles. The lowest BCUT2D eigenvalue weighted by molar-refractivity contribution is 0.144. The first-order chi connectivity index (χ1) is 8.49. The van der Waals surface area contributed by atoms with E-state index < -0.39 is 18.1 Å². The van der Waals surface area contributed by atoms with Gasteiger partial charge in [-0.1, -0.05) is 0 Å². The average Bonchev–Trinajstić information content (AvgIpc) is 2.70. The van der Waals surface area contributed by atoms with Crippen molar-refractivity contribution in [2.24, 2.45) is 5.73 Å². The quantitative estimate of drug-likeness (QED) is 0.648. The lowest BCUT2D eigenvalue weighted by Crippen LogP contribution is -2.07. The number of aromatic nitrogens is 3. The van der Waals surface area contributed by atoms with Gasteiger partial charge in [-0.05, 0) is 12.1 Å². The number of halogens is 3. The van der Waals surface area contributed by atoms with Crippen LogP contribution in [0, 0.1) is 5.41 Å². The minimum atomic E-state index is -2.74. The molecule has 0 aromatic carbocycles. The largest absolute Gasteiger partial charge is 0.375 e. The summed E-state index contributed by atoms with van der Waals surface area (Å²) in [6.07, 6.45) is -0.750. The van der Waals surface area contributed by atoms with Crippen LogP contribution in [0.25, 0.3) is 5.65 Å². The Morgan fingerprint density at radius 2 is 2.17 bits per heavy atom. The van der Waals surface area contributed by atoms with Gasteiger partial charge in [0, 0.05) is 6.08 Å². The van der Waals surface area contributed by atoms with Crippen LogP contribution in [0.5, 0.6) is 0 Å². The molecule has 0 unspecified atom stereocenters. The minimum absolute atomic E-state index is 0.0769. The summed E-state index contributed by atoms with van der Waals surface area (Å²) in [6, 6.07) is 2.48. The Hall–Kier alpha value is -2.38. The molecule has 0 bridgehead atoms. The summed E-state index contributed by atoms with van der Waals surface area (Å²) in [7, 11) is 0. The number of hydrogen-bond donors (Lipinski definition) is 2. The Kier molecular flexibility index (Phi) is 3.00. The first-order valence-corrected chi connectivity index (χ1v) is 4.83. The molecule has 3 N–H and O–H groups in total. The summed E-state index contributed by atoms with van der Waals surface area (Å²) in [5.74, 6) is -1.06. The normalized spacial score (nSPS) is 12.3. The fourth-order valence-corrected chi connectivity index (χ4v) is 1.40. The standard InChI is InChI=1S/C10H8F3N5/c11-8(15)3-5(14)7-4-16-9-2-1-6(10(12)13)17-18(7)9/h1-4,10,14H,15H2/b8-3-,14-5?. The van der Waals surface area contributed by atoms with Gasteiger partial charge in [0.25, 0.3) is 6.43 Å². The summed E-state index contributed by atoms with van der Waals surface area (Å²) in [5.41, 5.74) is 4.41. The Morgan fingerprint density at radius 3 is 2.78 bits per heavy atom. The fraction of sp³-hybridized carbons (Fsp3) is 0.100. The number of imidazole rings is 1. The molecule has 0 saturated carbocycles. The monoisotopic (exact) mass is 255 g/mol. The second kappa shape index (κ2) is 4.47. The smallest absolute Gasteiger partial charge is 0.282 e. The van der Waals surface area contributed by atoms with E-state index in [9.17, 15) is 13.2 Å². The zero-order chi connectivity index (χ0) is 13.3. The molecule has 2 rings (SSSR count). The maximum atomic E-state index is 12.5. The molecule has 2 heterocycles. The van der Waals surface area contributed by atoms with E-state index >= 15 is 0 Å². The van der Waals surface area contributed by atoms with Crippen LogP contribution < -0.4 is 5.73 Å². The highest BCUT2D eigenvalue weighted by atomic mass is 19.3. The Balaban J connectivity index is 2.55. The Bertz CT molecular complexity index is 627. The third kappa shape index (κ3) is 2.17. The molecule has 0 spiro atoms. The third-order valence-corrected chi connectivity index (χ3v) is 2.16. The van der Waals surface area contributed by atoms with Crippen LogP contribution in [0.1, 0.15) is 17.8 Å². The lowest BCUT2D eigenvalue weighted by Gasteiger charge is -2.02. The second-order valence-corrected chi connectivity index (χ2v) is 3.42. The van der Waals surface area contributed by atoms with Gasteiger partial charge in [0.15, 0.2) is 11.6 Å². The van der Waals surface area contributed by atoms with E-state index in [-0.39, 0.29) is 17.1 Å². The fourth-order valence-electron chi connectivity index (χ4n) is 1.40. The van der Waals surface area contributed by atoms with E-state index in [1.165, 1.54) is 12.3 Å². The van der Waals surface area contributed by atoms with Crippen molar-refractivity contribution in [3.63, 3.8) is 0 Å². The van der Waals surface area contributed by atoms with Crippen LogP contribution in [0.3, 0.4) is 0 Å². The van der Waals surface area contributed by atoms with Crippen molar-refractivity contribution in [1.29, 1.82) is 5.41 Å². The van der Waals surface area contributed by atoms with Gasteiger partial charge in [-0.2, -0.15) is 9.49 Å². The number of alkyl halides is 2. The molecule has 0 fully saturated rings. The SMILES string of the molecule is N=C(/C=C(\N)F)c1cnc2ccc(C(F)F)nn12. The number of fused-ring (bicyclic) bond motifs is 1. The van der Waals surface area contributed by atoms with Gasteiger partial charge in [0.2, 0.25) is 0 Å². The molecule has 0 amide bonds. The Morgan fingerprint density at radius 1 is 1.44 bits per heavy atom. The lowest BCUT2D eigenvalue weighted by atomic mass is 10.3. The van der Waals surface area contributed by atoms with Crippen molar-refractivity contribution < 1.29 is 13.2 Å². The first kappa shape index (κ1) is 12.1. The summed E-state index contributed by atoms with van der Waals surface area (Å²) in [6.45, 7) is 0. The number of nitrogens with one attached hydrogen (secondary N) is 1. The van der Waals surface area contributed by atoms with E-state index in [0.717, 1.165) is 16.7 Å². The molecule has 8 heteroatoms. The van der Waals surface area contributed by atoms with E-state index in [4.69, 9.17) is 11.1 Å². The molecule has 18 heavy (non-hydrogen) atoms. The van der Waals surface area contributed by atoms with Gasteiger partial charge in [0.05, 0.1) is 11.9 Å². The molecule has 0 radical (unpaired) electrons. The van der Waals surface area contributed by atoms with Crippen molar-refractivity contribution in [1.82, 2.24) is 14.6 Å². The number of rotatable bonds is 3. The second-order valence-electron chi connectivity index (χ2n) is 3.42. The van der Waals surface area contributed by atoms with E-state index in [0.29, 0.717) is 0 Å². The predicted octanol–water partition coefficient (Wildman–Crippen LogP) is 1.80. The summed E-state index contributed by atoms with van der Waals surface area (Å²) in [4.78, 5) is 3.87.